The number of carbonyl (C=O) groups is 1. The molecule has 0 atom stereocenters. The van der Waals surface area contributed by atoms with Gasteiger partial charge in [0.05, 0.1) is 24.1 Å². The molecule has 0 amide bonds. The minimum atomic E-state index is -3.58. The van der Waals surface area contributed by atoms with Gasteiger partial charge in [0.15, 0.2) is 11.4 Å². The number of ketones is 1. The molecule has 1 aliphatic heterocycles. The Morgan fingerprint density at radius 3 is 2.40 bits per heavy atom. The second kappa shape index (κ2) is 8.13. The van der Waals surface area contributed by atoms with Gasteiger partial charge in [0.2, 0.25) is 15.9 Å². The van der Waals surface area contributed by atoms with Crippen molar-refractivity contribution < 1.29 is 17.9 Å². The highest BCUT2D eigenvalue weighted by Crippen LogP contribution is 2.20. The van der Waals surface area contributed by atoms with E-state index in [-0.39, 0.29) is 10.7 Å². The van der Waals surface area contributed by atoms with Crippen LogP contribution in [0.15, 0.2) is 41.3 Å². The van der Waals surface area contributed by atoms with E-state index < -0.39 is 10.0 Å². The van der Waals surface area contributed by atoms with Gasteiger partial charge in [-0.15, -0.1) is 0 Å². The Labute approximate surface area is 174 Å². The molecular formula is C20H23N5O4S. The number of carbonyl (C=O) groups excluding carboxylic acids is 1. The van der Waals surface area contributed by atoms with Crippen molar-refractivity contribution in [2.24, 2.45) is 0 Å². The zero-order valence-corrected chi connectivity index (χ0v) is 17.6. The number of H-pyrrole nitrogens is 1. The fraction of sp³-hybridized carbons (Fsp3) is 0.350. The number of aromatic amines is 1. The van der Waals surface area contributed by atoms with Crippen LogP contribution in [0.3, 0.4) is 0 Å². The Morgan fingerprint density at radius 2 is 1.77 bits per heavy atom. The number of aromatic nitrogens is 3. The van der Waals surface area contributed by atoms with E-state index >= 15 is 0 Å². The van der Waals surface area contributed by atoms with Gasteiger partial charge >= 0.3 is 0 Å². The second-order valence-electron chi connectivity index (χ2n) is 7.17. The number of methoxy groups -OCH3 is 1. The van der Waals surface area contributed by atoms with Crippen LogP contribution < -0.4 is 4.74 Å². The summed E-state index contributed by atoms with van der Waals surface area (Å²) < 4.78 is 32.4. The number of hydrogen-bond donors (Lipinski definition) is 1. The number of pyridine rings is 1. The number of sulfonamides is 1. The average Bonchev–Trinajstić information content (AvgIpc) is 3.15. The lowest BCUT2D eigenvalue weighted by molar-refractivity contribution is 0.101. The van der Waals surface area contributed by atoms with Gasteiger partial charge in [-0.05, 0) is 25.1 Å². The second-order valence-corrected chi connectivity index (χ2v) is 9.11. The van der Waals surface area contributed by atoms with E-state index in [1.165, 1.54) is 23.4 Å². The zero-order chi connectivity index (χ0) is 21.3. The van der Waals surface area contributed by atoms with E-state index in [0.717, 1.165) is 11.3 Å². The van der Waals surface area contributed by atoms with Crippen molar-refractivity contribution in [1.82, 2.24) is 24.2 Å². The lowest BCUT2D eigenvalue weighted by Crippen LogP contribution is -2.48. The van der Waals surface area contributed by atoms with Crippen molar-refractivity contribution in [1.29, 1.82) is 0 Å². The van der Waals surface area contributed by atoms with E-state index in [0.29, 0.717) is 49.8 Å². The summed E-state index contributed by atoms with van der Waals surface area (Å²) >= 11 is 0. The molecule has 0 saturated carbocycles. The molecule has 0 aliphatic carbocycles. The fourth-order valence-corrected chi connectivity index (χ4v) is 4.89. The third-order valence-electron chi connectivity index (χ3n) is 5.18. The standard InChI is InChI=1S/C20H23N5O4S/c1-14(26)15-3-5-16(6-4-15)30(27,28)25-11-9-24(10-12-25)13-18-21-17-7-8-19(29-2)23-20(17)22-18/h3-8H,9-13H2,1-2H3,(H,21,22,23). The lowest BCUT2D eigenvalue weighted by atomic mass is 10.2. The SMILES string of the molecule is COc1ccc2[nH]c(CN3CCN(S(=O)(=O)c4ccc(C(C)=O)cc4)CC3)nc2n1. The van der Waals surface area contributed by atoms with Crippen LogP contribution >= 0.6 is 0 Å². The van der Waals surface area contributed by atoms with Crippen molar-refractivity contribution in [3.63, 3.8) is 0 Å². The maximum Gasteiger partial charge on any atom is 0.243 e. The molecule has 3 heterocycles. The molecule has 1 saturated heterocycles. The molecule has 1 N–H and O–H groups in total. The van der Waals surface area contributed by atoms with E-state index in [9.17, 15) is 13.2 Å². The maximum atomic E-state index is 12.9. The quantitative estimate of drug-likeness (QED) is 0.594. The molecule has 1 fully saturated rings. The number of nitrogens with one attached hydrogen (secondary N) is 1. The predicted molar refractivity (Wildman–Crippen MR) is 111 cm³/mol. The molecule has 3 aromatic rings. The molecule has 30 heavy (non-hydrogen) atoms. The monoisotopic (exact) mass is 429 g/mol. The van der Waals surface area contributed by atoms with Gasteiger partial charge in [-0.1, -0.05) is 12.1 Å². The minimum Gasteiger partial charge on any atom is -0.481 e. The van der Waals surface area contributed by atoms with Crippen molar-refractivity contribution in [3.05, 3.63) is 47.8 Å². The predicted octanol–water partition coefficient (Wildman–Crippen LogP) is 1.68. The Balaban J connectivity index is 1.40. The summed E-state index contributed by atoms with van der Waals surface area (Å²) in [5.74, 6) is 1.20. The number of rotatable bonds is 6. The first-order chi connectivity index (χ1) is 14.4. The third kappa shape index (κ3) is 4.07. The van der Waals surface area contributed by atoms with Gasteiger partial charge < -0.3 is 9.72 Å². The van der Waals surface area contributed by atoms with E-state index in [2.05, 4.69) is 19.9 Å². The first kappa shape index (κ1) is 20.5. The molecule has 0 unspecified atom stereocenters. The molecule has 4 rings (SSSR count). The van der Waals surface area contributed by atoms with Gasteiger partial charge in [-0.25, -0.2) is 13.4 Å². The third-order valence-corrected chi connectivity index (χ3v) is 7.09. The van der Waals surface area contributed by atoms with Crippen LogP contribution in [0.1, 0.15) is 23.1 Å². The number of Topliss-reactive ketones (excluding diaryl/α,β-unsaturated/α-hetero) is 1. The van der Waals surface area contributed by atoms with Crippen LogP contribution in [-0.4, -0.2) is 71.6 Å². The molecular weight excluding hydrogens is 406 g/mol. The number of piperazine rings is 1. The molecule has 0 spiro atoms. The summed E-state index contributed by atoms with van der Waals surface area (Å²) in [5, 5.41) is 0. The first-order valence-corrected chi connectivity index (χ1v) is 11.0. The van der Waals surface area contributed by atoms with E-state index in [4.69, 9.17) is 4.74 Å². The maximum absolute atomic E-state index is 12.9. The Hall–Kier alpha value is -2.82. The largest absolute Gasteiger partial charge is 0.481 e. The summed E-state index contributed by atoms with van der Waals surface area (Å²) in [7, 11) is -2.02. The Morgan fingerprint density at radius 1 is 1.07 bits per heavy atom. The Kier molecular flexibility index (Phi) is 5.54. The lowest BCUT2D eigenvalue weighted by Gasteiger charge is -2.33. The highest BCUT2D eigenvalue weighted by molar-refractivity contribution is 7.89. The molecule has 10 heteroatoms. The summed E-state index contributed by atoms with van der Waals surface area (Å²) in [6.07, 6.45) is 0. The van der Waals surface area contributed by atoms with Crippen molar-refractivity contribution >= 4 is 27.0 Å². The number of ether oxygens (including phenoxy) is 1. The first-order valence-electron chi connectivity index (χ1n) is 9.60. The van der Waals surface area contributed by atoms with Crippen LogP contribution in [0.4, 0.5) is 0 Å². The summed E-state index contributed by atoms with van der Waals surface area (Å²) in [6.45, 7) is 4.01. The minimum absolute atomic E-state index is 0.0909. The normalized spacial score (nSPS) is 16.1. The van der Waals surface area contributed by atoms with E-state index in [1.807, 2.05) is 6.07 Å². The van der Waals surface area contributed by atoms with Crippen molar-refractivity contribution in [3.8, 4) is 5.88 Å². The number of imidazole rings is 1. The molecule has 9 nitrogen and oxygen atoms in total. The number of benzene rings is 1. The van der Waals surface area contributed by atoms with Crippen molar-refractivity contribution in [2.45, 2.75) is 18.4 Å². The fourth-order valence-electron chi connectivity index (χ4n) is 3.46. The van der Waals surface area contributed by atoms with Gasteiger partial charge in [0.25, 0.3) is 0 Å². The zero-order valence-electron chi connectivity index (χ0n) is 16.8. The van der Waals surface area contributed by atoms with Gasteiger partial charge in [-0.2, -0.15) is 9.29 Å². The summed E-state index contributed by atoms with van der Waals surface area (Å²) in [5.41, 5.74) is 1.93. The highest BCUT2D eigenvalue weighted by Gasteiger charge is 2.28. The number of fused-ring (bicyclic) bond motifs is 1. The van der Waals surface area contributed by atoms with Crippen LogP contribution in [-0.2, 0) is 16.6 Å². The number of hydrogen-bond acceptors (Lipinski definition) is 7. The van der Waals surface area contributed by atoms with Gasteiger partial charge in [0.1, 0.15) is 5.82 Å². The molecule has 2 aromatic heterocycles. The number of nitrogens with zero attached hydrogens (tertiary/aromatic N) is 4. The van der Waals surface area contributed by atoms with Gasteiger partial charge in [-0.3, -0.25) is 9.69 Å². The van der Waals surface area contributed by atoms with Crippen LogP contribution in [0.2, 0.25) is 0 Å². The van der Waals surface area contributed by atoms with Gasteiger partial charge in [0, 0.05) is 37.8 Å². The molecule has 1 aliphatic rings. The average molecular weight is 430 g/mol. The Bertz CT molecular complexity index is 1170. The van der Waals surface area contributed by atoms with Crippen LogP contribution in [0, 0.1) is 0 Å². The smallest absolute Gasteiger partial charge is 0.243 e. The topological polar surface area (TPSA) is 108 Å². The summed E-state index contributed by atoms with van der Waals surface area (Å²) in [4.78, 5) is 25.8. The van der Waals surface area contributed by atoms with E-state index in [1.54, 1.807) is 25.3 Å². The molecule has 158 valence electrons. The van der Waals surface area contributed by atoms with Crippen molar-refractivity contribution in [2.75, 3.05) is 33.3 Å². The van der Waals surface area contributed by atoms with Crippen LogP contribution in [0.5, 0.6) is 5.88 Å². The summed E-state index contributed by atoms with van der Waals surface area (Å²) in [6, 6.07) is 9.74. The molecule has 0 bridgehead atoms. The highest BCUT2D eigenvalue weighted by atomic mass is 32.2. The molecule has 1 aromatic carbocycles. The van der Waals surface area contributed by atoms with Crippen LogP contribution in [0.25, 0.3) is 11.2 Å². The molecule has 0 radical (unpaired) electrons.